The molecule has 2 aliphatic rings. The lowest BCUT2D eigenvalue weighted by atomic mass is 9.89. The van der Waals surface area contributed by atoms with E-state index in [-0.39, 0.29) is 35.4 Å². The highest BCUT2D eigenvalue weighted by Gasteiger charge is 2.32. The molecule has 0 aliphatic heterocycles. The van der Waals surface area contributed by atoms with E-state index in [1.165, 1.54) is 0 Å². The van der Waals surface area contributed by atoms with Crippen molar-refractivity contribution in [1.82, 2.24) is 9.97 Å². The van der Waals surface area contributed by atoms with Crippen molar-refractivity contribution >= 4 is 11.4 Å². The standard InChI is InChI=1S/C36H14F4N6/c1-43-27(15-41)33-25-9-19-5-3-17(21-11-29(37)45-30(38)12-21)7-23(19)34(25)36(28(16-42)44-2)35-24-8-18(4-6-20(24)10-26(33)35)22-13-31(39)46-32(40)14-22/h3-8,11-14H,9-10H2. The van der Waals surface area contributed by atoms with Crippen molar-refractivity contribution in [2.75, 3.05) is 0 Å². The van der Waals surface area contributed by atoms with Gasteiger partial charge in [0.15, 0.2) is 0 Å². The first kappa shape index (κ1) is 28.2. The summed E-state index contributed by atoms with van der Waals surface area (Å²) >= 11 is 0. The Labute approximate surface area is 258 Å². The van der Waals surface area contributed by atoms with Crippen LogP contribution in [0.3, 0.4) is 0 Å². The van der Waals surface area contributed by atoms with Gasteiger partial charge >= 0.3 is 0 Å². The second kappa shape index (κ2) is 10.5. The molecular weight excluding hydrogens is 592 g/mol. The predicted molar refractivity (Wildman–Crippen MR) is 160 cm³/mol. The van der Waals surface area contributed by atoms with Gasteiger partial charge in [0.25, 0.3) is 11.4 Å². The predicted octanol–water partition coefficient (Wildman–Crippen LogP) is 6.61. The van der Waals surface area contributed by atoms with E-state index in [9.17, 15) is 28.1 Å². The van der Waals surface area contributed by atoms with Crippen LogP contribution in [-0.2, 0) is 12.8 Å². The number of fused-ring (bicyclic) bond motifs is 6. The molecule has 2 aromatic heterocycles. The normalized spacial score (nSPS) is 11.7. The Morgan fingerprint density at radius 2 is 0.978 bits per heavy atom. The minimum absolute atomic E-state index is 0.169. The van der Waals surface area contributed by atoms with Gasteiger partial charge in [0.1, 0.15) is 0 Å². The van der Waals surface area contributed by atoms with E-state index in [1.54, 1.807) is 36.4 Å². The van der Waals surface area contributed by atoms with E-state index in [2.05, 4.69) is 19.7 Å². The van der Waals surface area contributed by atoms with Crippen molar-refractivity contribution in [2.45, 2.75) is 12.8 Å². The van der Waals surface area contributed by atoms with Gasteiger partial charge in [-0.05, 0) is 97.0 Å². The first-order chi connectivity index (χ1) is 22.2. The SMILES string of the molecule is [C-]#[N+]C(C#N)=c1c2c(c(=C(C#N)[N+]#[C-])c3c1Cc1ccc(-c4cc(F)nc(F)c4)cc1-3)-c1cc(-c3cc(F)nc(F)c3)ccc1C2. The molecule has 0 fully saturated rings. The number of pyridine rings is 2. The van der Waals surface area contributed by atoms with Crippen LogP contribution in [0.5, 0.6) is 0 Å². The Balaban J connectivity index is 1.63. The molecule has 2 aliphatic carbocycles. The largest absolute Gasteiger partial charge is 0.270 e. The zero-order valence-electron chi connectivity index (χ0n) is 23.4. The van der Waals surface area contributed by atoms with Crippen LogP contribution in [0.4, 0.5) is 17.6 Å². The molecule has 3 aromatic carbocycles. The van der Waals surface area contributed by atoms with Crippen molar-refractivity contribution in [3.8, 4) is 56.6 Å². The maximum absolute atomic E-state index is 14.1. The molecule has 0 saturated carbocycles. The van der Waals surface area contributed by atoms with Crippen LogP contribution in [0.15, 0.2) is 60.7 Å². The number of aromatic nitrogens is 2. The number of nitrogens with zero attached hydrogens (tertiary/aromatic N) is 6. The van der Waals surface area contributed by atoms with Crippen LogP contribution in [0.2, 0.25) is 0 Å². The fourth-order valence-corrected chi connectivity index (χ4v) is 6.53. The zero-order valence-corrected chi connectivity index (χ0v) is 23.4. The molecule has 0 unspecified atom stereocenters. The van der Waals surface area contributed by atoms with E-state index >= 15 is 0 Å². The number of hydrogen-bond acceptors (Lipinski definition) is 4. The summed E-state index contributed by atoms with van der Waals surface area (Å²) in [7, 11) is 0. The second-order valence-corrected chi connectivity index (χ2v) is 10.7. The topological polar surface area (TPSA) is 82.1 Å². The summed E-state index contributed by atoms with van der Waals surface area (Å²) in [5.41, 5.74) is 5.70. The maximum Gasteiger partial charge on any atom is 0.270 e. The molecule has 0 radical (unpaired) electrons. The lowest BCUT2D eigenvalue weighted by Crippen LogP contribution is -2.25. The smallest absolute Gasteiger partial charge is 0.226 e. The van der Waals surface area contributed by atoms with Gasteiger partial charge in [-0.1, -0.05) is 24.3 Å². The van der Waals surface area contributed by atoms with Crippen molar-refractivity contribution in [2.24, 2.45) is 0 Å². The van der Waals surface area contributed by atoms with Gasteiger partial charge in [-0.2, -0.15) is 27.5 Å². The van der Waals surface area contributed by atoms with Crippen LogP contribution < -0.4 is 10.4 Å². The summed E-state index contributed by atoms with van der Waals surface area (Å²) in [5, 5.41) is 21.0. The molecule has 0 N–H and O–H groups in total. The number of rotatable bonds is 2. The van der Waals surface area contributed by atoms with Crippen molar-refractivity contribution < 1.29 is 17.6 Å². The summed E-state index contributed by atoms with van der Waals surface area (Å²) < 4.78 is 56.3. The molecule has 46 heavy (non-hydrogen) atoms. The number of hydrogen-bond donors (Lipinski definition) is 0. The number of halogens is 4. The average molecular weight is 607 g/mol. The quantitative estimate of drug-likeness (QED) is 0.126. The molecule has 5 aromatic rings. The van der Waals surface area contributed by atoms with Crippen molar-refractivity contribution in [1.29, 1.82) is 10.5 Å². The van der Waals surface area contributed by atoms with E-state index in [4.69, 9.17) is 13.1 Å². The fourth-order valence-electron chi connectivity index (χ4n) is 6.53. The third-order valence-corrected chi connectivity index (χ3v) is 8.30. The molecular formula is C36H14F4N6. The van der Waals surface area contributed by atoms with Gasteiger partial charge < -0.3 is 0 Å². The third kappa shape index (κ3) is 4.29. The summed E-state index contributed by atoms with van der Waals surface area (Å²) in [5.74, 6) is -4.01. The summed E-state index contributed by atoms with van der Waals surface area (Å²) in [6.45, 7) is 15.8. The van der Waals surface area contributed by atoms with Gasteiger partial charge in [-0.3, -0.25) is 0 Å². The lowest BCUT2D eigenvalue weighted by Gasteiger charge is -2.14. The van der Waals surface area contributed by atoms with Crippen molar-refractivity contribution in [3.05, 3.63) is 140 Å². The van der Waals surface area contributed by atoms with E-state index in [0.717, 1.165) is 35.4 Å². The highest BCUT2D eigenvalue weighted by molar-refractivity contribution is 5.95. The Hall–Kier alpha value is -6.62. The van der Waals surface area contributed by atoms with Gasteiger partial charge in [-0.25, -0.2) is 20.2 Å². The Bertz CT molecular complexity index is 2320. The minimum Gasteiger partial charge on any atom is -0.226 e. The number of nitriles is 2. The highest BCUT2D eigenvalue weighted by atomic mass is 19.1. The molecule has 0 amide bonds. The highest BCUT2D eigenvalue weighted by Crippen LogP contribution is 2.43. The molecule has 2 heterocycles. The molecule has 6 nitrogen and oxygen atoms in total. The third-order valence-electron chi connectivity index (χ3n) is 8.30. The van der Waals surface area contributed by atoms with Gasteiger partial charge in [0, 0.05) is 29.5 Å². The van der Waals surface area contributed by atoms with Crippen LogP contribution in [0.1, 0.15) is 22.3 Å². The van der Waals surface area contributed by atoms with E-state index in [1.807, 2.05) is 12.1 Å². The second-order valence-electron chi connectivity index (χ2n) is 10.7. The van der Waals surface area contributed by atoms with Gasteiger partial charge in [0.05, 0.1) is 25.3 Å². The summed E-state index contributed by atoms with van der Waals surface area (Å²) in [6.07, 6.45) is 0.544. The molecule has 216 valence electrons. The van der Waals surface area contributed by atoms with Crippen LogP contribution in [0, 0.1) is 59.6 Å². The van der Waals surface area contributed by atoms with Crippen LogP contribution >= 0.6 is 0 Å². The Kier molecular flexibility index (Phi) is 6.45. The maximum atomic E-state index is 14.1. The average Bonchev–Trinajstić information content (AvgIpc) is 3.60. The first-order valence-corrected chi connectivity index (χ1v) is 13.7. The Morgan fingerprint density at radius 3 is 1.35 bits per heavy atom. The van der Waals surface area contributed by atoms with E-state index < -0.39 is 23.8 Å². The minimum atomic E-state index is -1.00. The number of benzene rings is 3. The summed E-state index contributed by atoms with van der Waals surface area (Å²) in [6, 6.07) is 18.7. The molecule has 0 saturated heterocycles. The monoisotopic (exact) mass is 606 g/mol. The molecule has 0 atom stereocenters. The van der Waals surface area contributed by atoms with E-state index in [0.29, 0.717) is 54.9 Å². The van der Waals surface area contributed by atoms with Crippen LogP contribution in [0.25, 0.3) is 65.6 Å². The zero-order chi connectivity index (χ0) is 32.3. The lowest BCUT2D eigenvalue weighted by molar-refractivity contribution is 0.512. The summed E-state index contributed by atoms with van der Waals surface area (Å²) in [4.78, 5) is 13.4. The molecule has 0 spiro atoms. The molecule has 10 heteroatoms. The van der Waals surface area contributed by atoms with Gasteiger partial charge in [0.2, 0.25) is 23.8 Å². The van der Waals surface area contributed by atoms with Crippen molar-refractivity contribution in [3.63, 3.8) is 0 Å². The first-order valence-electron chi connectivity index (χ1n) is 13.7. The fraction of sp³-hybridized carbons (Fsp3) is 0.0556. The molecule has 7 rings (SSSR count). The van der Waals surface area contributed by atoms with Gasteiger partial charge in [-0.15, -0.1) is 0 Å². The Morgan fingerprint density at radius 1 is 0.587 bits per heavy atom. The molecule has 0 bridgehead atoms. The van der Waals surface area contributed by atoms with Crippen LogP contribution in [-0.4, -0.2) is 9.97 Å².